The first-order valence-electron chi connectivity index (χ1n) is 7.04. The van der Waals surface area contributed by atoms with Crippen LogP contribution < -0.4 is 10.6 Å². The lowest BCUT2D eigenvalue weighted by Gasteiger charge is -2.35. The van der Waals surface area contributed by atoms with E-state index in [0.717, 1.165) is 12.1 Å². The number of halogens is 6. The maximum Gasteiger partial charge on any atom is 0.405 e. The van der Waals surface area contributed by atoms with Crippen molar-refractivity contribution in [2.24, 2.45) is 0 Å². The highest BCUT2D eigenvalue weighted by Crippen LogP contribution is 2.25. The summed E-state index contributed by atoms with van der Waals surface area (Å²) < 4.78 is 52.8. The van der Waals surface area contributed by atoms with Crippen LogP contribution in [0.2, 0.25) is 0 Å². The Morgan fingerprint density at radius 2 is 1.96 bits per heavy atom. The van der Waals surface area contributed by atoms with E-state index in [0.29, 0.717) is 13.1 Å². The van der Waals surface area contributed by atoms with E-state index >= 15 is 0 Å². The average Bonchev–Trinajstić information content (AvgIpc) is 2.47. The van der Waals surface area contributed by atoms with Gasteiger partial charge in [-0.15, -0.1) is 12.4 Å². The number of rotatable bonds is 4. The first kappa shape index (κ1) is 21.1. The van der Waals surface area contributed by atoms with Gasteiger partial charge in [-0.05, 0) is 34.1 Å². The number of hydrogen-bond donors (Lipinski definition) is 2. The number of amides is 1. The second-order valence-electron chi connectivity index (χ2n) is 5.18. The molecule has 1 fully saturated rings. The van der Waals surface area contributed by atoms with Crippen LogP contribution in [0, 0.1) is 5.82 Å². The number of carbonyl (C=O) groups is 1. The third-order valence-electron chi connectivity index (χ3n) is 3.60. The monoisotopic (exact) mass is 433 g/mol. The Balaban J connectivity index is 0.00000288. The van der Waals surface area contributed by atoms with Crippen LogP contribution in [-0.2, 0) is 0 Å². The highest BCUT2D eigenvalue weighted by molar-refractivity contribution is 9.10. The number of nitrogens with zero attached hydrogens (tertiary/aromatic N) is 1. The Kier molecular flexibility index (Phi) is 7.91. The molecule has 2 N–H and O–H groups in total. The zero-order valence-electron chi connectivity index (χ0n) is 12.5. The number of piperazine rings is 1. The van der Waals surface area contributed by atoms with Gasteiger partial charge in [-0.25, -0.2) is 4.39 Å². The minimum Gasteiger partial charge on any atom is -0.350 e. The number of hydrogen-bond acceptors (Lipinski definition) is 3. The van der Waals surface area contributed by atoms with E-state index in [1.165, 1.54) is 11.0 Å². The molecule has 0 radical (unpaired) electrons. The Bertz CT molecular complexity index is 567. The van der Waals surface area contributed by atoms with Crippen molar-refractivity contribution >= 4 is 34.2 Å². The highest BCUT2D eigenvalue weighted by atomic mass is 79.9. The molecule has 4 nitrogen and oxygen atoms in total. The summed E-state index contributed by atoms with van der Waals surface area (Å²) in [6.45, 7) is 0.931. The maximum atomic E-state index is 13.2. The van der Waals surface area contributed by atoms with Crippen LogP contribution >= 0.6 is 28.3 Å². The summed E-state index contributed by atoms with van der Waals surface area (Å²) in [7, 11) is 0. The summed E-state index contributed by atoms with van der Waals surface area (Å²) in [4.78, 5) is 13.3. The summed E-state index contributed by atoms with van der Waals surface area (Å²) in [5.41, 5.74) is 0.0904. The van der Waals surface area contributed by atoms with Crippen molar-refractivity contribution < 1.29 is 22.4 Å². The van der Waals surface area contributed by atoms with E-state index in [2.05, 4.69) is 26.6 Å². The molecular weight excluding hydrogens is 418 g/mol. The fraction of sp³-hybridized carbons (Fsp3) is 0.500. The van der Waals surface area contributed by atoms with Gasteiger partial charge in [0.2, 0.25) is 0 Å². The lowest BCUT2D eigenvalue weighted by molar-refractivity contribution is -0.183. The quantitative estimate of drug-likeness (QED) is 0.716. The molecule has 1 aromatic rings. The summed E-state index contributed by atoms with van der Waals surface area (Å²) in [5, 5.41) is 5.28. The predicted molar refractivity (Wildman–Crippen MR) is 88.0 cm³/mol. The molecule has 1 atom stereocenters. The Labute approximate surface area is 151 Å². The molecule has 1 saturated heterocycles. The molecule has 1 aliphatic rings. The molecule has 2 rings (SSSR count). The lowest BCUT2D eigenvalue weighted by atomic mass is 10.1. The molecule has 0 saturated carbocycles. The molecule has 24 heavy (non-hydrogen) atoms. The predicted octanol–water partition coefficient (Wildman–Crippen LogP) is 2.58. The lowest BCUT2D eigenvalue weighted by Crippen LogP contribution is -2.57. The van der Waals surface area contributed by atoms with Gasteiger partial charge in [0.1, 0.15) is 11.9 Å². The fourth-order valence-corrected chi connectivity index (χ4v) is 2.93. The molecule has 1 amide bonds. The van der Waals surface area contributed by atoms with Crippen LogP contribution in [0.5, 0.6) is 0 Å². The van der Waals surface area contributed by atoms with Gasteiger partial charge in [-0.2, -0.15) is 13.2 Å². The summed E-state index contributed by atoms with van der Waals surface area (Å²) in [6.07, 6.45) is -4.44. The fourth-order valence-electron chi connectivity index (χ4n) is 2.40. The number of carbonyl (C=O) groups excluding carboxylic acids is 1. The van der Waals surface area contributed by atoms with E-state index < -0.39 is 30.5 Å². The smallest absolute Gasteiger partial charge is 0.350 e. The number of benzene rings is 1. The van der Waals surface area contributed by atoms with E-state index in [9.17, 15) is 22.4 Å². The van der Waals surface area contributed by atoms with Gasteiger partial charge in [0, 0.05) is 37.2 Å². The average molecular weight is 435 g/mol. The second-order valence-corrected chi connectivity index (χ2v) is 6.03. The van der Waals surface area contributed by atoms with Crippen LogP contribution in [0.25, 0.3) is 0 Å². The third kappa shape index (κ3) is 5.58. The largest absolute Gasteiger partial charge is 0.405 e. The van der Waals surface area contributed by atoms with Gasteiger partial charge < -0.3 is 10.6 Å². The van der Waals surface area contributed by atoms with Crippen LogP contribution in [-0.4, -0.2) is 55.7 Å². The van der Waals surface area contributed by atoms with Gasteiger partial charge >= 0.3 is 6.18 Å². The van der Waals surface area contributed by atoms with Crippen molar-refractivity contribution in [3.05, 3.63) is 34.1 Å². The van der Waals surface area contributed by atoms with E-state index in [1.54, 1.807) is 0 Å². The van der Waals surface area contributed by atoms with Gasteiger partial charge in [-0.3, -0.25) is 9.69 Å². The van der Waals surface area contributed by atoms with Crippen molar-refractivity contribution in [1.29, 1.82) is 0 Å². The van der Waals surface area contributed by atoms with Gasteiger partial charge in [0.15, 0.2) is 0 Å². The molecular formula is C14H17BrClF4N3O. The molecule has 0 spiro atoms. The number of nitrogens with one attached hydrogen (secondary N) is 2. The van der Waals surface area contributed by atoms with Crippen molar-refractivity contribution in [1.82, 2.24) is 15.5 Å². The van der Waals surface area contributed by atoms with E-state index in [4.69, 9.17) is 0 Å². The highest BCUT2D eigenvalue weighted by Gasteiger charge is 2.43. The second kappa shape index (κ2) is 8.98. The topological polar surface area (TPSA) is 44.4 Å². The first-order chi connectivity index (χ1) is 10.8. The molecule has 0 aromatic heterocycles. The van der Waals surface area contributed by atoms with E-state index in [-0.39, 0.29) is 35.5 Å². The van der Waals surface area contributed by atoms with Gasteiger partial charge in [0.05, 0.1) is 5.56 Å². The van der Waals surface area contributed by atoms with Crippen LogP contribution in [0.3, 0.4) is 0 Å². The molecule has 136 valence electrons. The Hall–Kier alpha value is -0.900. The molecule has 10 heteroatoms. The SMILES string of the molecule is Cl.O=C(NCC(N1CCNCC1)C(F)(F)F)c1ccc(F)cc1Br. The van der Waals surface area contributed by atoms with Crippen LogP contribution in [0.15, 0.2) is 22.7 Å². The Morgan fingerprint density at radius 1 is 1.33 bits per heavy atom. The molecule has 1 aromatic carbocycles. The van der Waals surface area contributed by atoms with Crippen LogP contribution in [0.1, 0.15) is 10.4 Å². The molecule has 1 unspecified atom stereocenters. The molecule has 1 heterocycles. The molecule has 1 aliphatic heterocycles. The first-order valence-corrected chi connectivity index (χ1v) is 7.83. The van der Waals surface area contributed by atoms with E-state index in [1.807, 2.05) is 0 Å². The maximum absolute atomic E-state index is 13.2. The minimum absolute atomic E-state index is 0. The zero-order valence-corrected chi connectivity index (χ0v) is 14.9. The number of alkyl halides is 3. The molecule has 0 aliphatic carbocycles. The Morgan fingerprint density at radius 3 is 2.50 bits per heavy atom. The van der Waals surface area contributed by atoms with Gasteiger partial charge in [-0.1, -0.05) is 0 Å². The van der Waals surface area contributed by atoms with Crippen molar-refractivity contribution in [2.45, 2.75) is 12.2 Å². The third-order valence-corrected chi connectivity index (χ3v) is 4.26. The van der Waals surface area contributed by atoms with Crippen molar-refractivity contribution in [3.63, 3.8) is 0 Å². The van der Waals surface area contributed by atoms with Crippen molar-refractivity contribution in [3.8, 4) is 0 Å². The normalized spacial score (nSPS) is 17.0. The summed E-state index contributed by atoms with van der Waals surface area (Å²) >= 11 is 3.03. The van der Waals surface area contributed by atoms with Gasteiger partial charge in [0.25, 0.3) is 5.91 Å². The molecule has 0 bridgehead atoms. The summed E-state index contributed by atoms with van der Waals surface area (Å²) in [6, 6.07) is 1.65. The zero-order chi connectivity index (χ0) is 17.0. The minimum atomic E-state index is -4.44. The standard InChI is InChI=1S/C14H16BrF4N3O.ClH/c15-11-7-9(16)1-2-10(11)13(23)21-8-12(14(17,18)19)22-5-3-20-4-6-22;/h1-2,7,12,20H,3-6,8H2,(H,21,23);1H. The van der Waals surface area contributed by atoms with Crippen LogP contribution in [0.4, 0.5) is 17.6 Å². The summed E-state index contributed by atoms with van der Waals surface area (Å²) in [5.74, 6) is -1.22. The van der Waals surface area contributed by atoms with Crippen molar-refractivity contribution in [2.75, 3.05) is 32.7 Å².